The van der Waals surface area contributed by atoms with Crippen molar-refractivity contribution < 1.29 is 4.74 Å². The second-order valence-corrected chi connectivity index (χ2v) is 4.81. The fourth-order valence-corrected chi connectivity index (χ4v) is 1.93. The van der Waals surface area contributed by atoms with Crippen LogP contribution in [0.25, 0.3) is 0 Å². The Bertz CT molecular complexity index is 216. The number of aromatic nitrogens is 1. The zero-order valence-electron chi connectivity index (χ0n) is 6.13. The summed E-state index contributed by atoms with van der Waals surface area (Å²) in [5, 5.41) is 4.11. The Morgan fingerprint density at radius 1 is 1.82 bits per heavy atom. The summed E-state index contributed by atoms with van der Waals surface area (Å²) < 4.78 is 6.08. The summed E-state index contributed by atoms with van der Waals surface area (Å²) in [6.07, 6.45) is 1.85. The van der Waals surface area contributed by atoms with Gasteiger partial charge in [-0.1, -0.05) is 11.3 Å². The van der Waals surface area contributed by atoms with Crippen LogP contribution in [-0.2, 0) is 4.74 Å². The number of nitrogens with zero attached hydrogens (tertiary/aromatic N) is 1. The van der Waals surface area contributed by atoms with Crippen molar-refractivity contribution in [2.75, 3.05) is 25.6 Å². The van der Waals surface area contributed by atoms with Crippen LogP contribution >= 0.6 is 33.9 Å². The molecule has 1 N–H and O–H groups in total. The van der Waals surface area contributed by atoms with Gasteiger partial charge in [-0.3, -0.25) is 0 Å². The summed E-state index contributed by atoms with van der Waals surface area (Å²) in [5.74, 6) is 0. The molecule has 1 heterocycles. The maximum atomic E-state index is 4.88. The lowest BCUT2D eigenvalue weighted by Crippen LogP contribution is -2.06. The molecule has 0 spiro atoms. The van der Waals surface area contributed by atoms with Gasteiger partial charge in [0.25, 0.3) is 0 Å². The average Bonchev–Trinajstić information content (AvgIpc) is 2.37. The number of hydrogen-bond donors (Lipinski definition) is 1. The van der Waals surface area contributed by atoms with Crippen molar-refractivity contribution in [3.05, 3.63) is 9.08 Å². The smallest absolute Gasteiger partial charge is 0.183 e. The largest absolute Gasteiger partial charge is 0.383 e. The fraction of sp³-hybridized carbons (Fsp3) is 0.500. The van der Waals surface area contributed by atoms with Crippen molar-refractivity contribution in [2.45, 2.75) is 0 Å². The molecule has 1 aromatic heterocycles. The number of anilines is 1. The van der Waals surface area contributed by atoms with Crippen LogP contribution in [0, 0.1) is 2.88 Å². The van der Waals surface area contributed by atoms with Crippen molar-refractivity contribution in [2.24, 2.45) is 0 Å². The van der Waals surface area contributed by atoms with E-state index < -0.39 is 0 Å². The van der Waals surface area contributed by atoms with Gasteiger partial charge in [-0.15, -0.1) is 0 Å². The minimum Gasteiger partial charge on any atom is -0.383 e. The van der Waals surface area contributed by atoms with Gasteiger partial charge >= 0.3 is 0 Å². The lowest BCUT2D eigenvalue weighted by molar-refractivity contribution is 0.211. The third-order valence-corrected chi connectivity index (χ3v) is 2.74. The number of rotatable bonds is 4. The molecule has 0 aromatic carbocycles. The second kappa shape index (κ2) is 4.89. The van der Waals surface area contributed by atoms with Crippen LogP contribution in [0.1, 0.15) is 0 Å². The Hall–Kier alpha value is 0.120. The van der Waals surface area contributed by atoms with E-state index in [0.29, 0.717) is 0 Å². The van der Waals surface area contributed by atoms with Gasteiger partial charge in [0.05, 0.1) is 15.7 Å². The second-order valence-electron chi connectivity index (χ2n) is 1.89. The molecule has 62 valence electrons. The Balaban J connectivity index is 2.27. The quantitative estimate of drug-likeness (QED) is 0.676. The van der Waals surface area contributed by atoms with Gasteiger partial charge in [-0.2, -0.15) is 0 Å². The SMILES string of the molecule is COCCNc1ncc(I)s1. The molecule has 0 amide bonds. The molecule has 0 atom stereocenters. The van der Waals surface area contributed by atoms with E-state index in [2.05, 4.69) is 32.9 Å². The summed E-state index contributed by atoms with van der Waals surface area (Å²) in [4.78, 5) is 4.13. The summed E-state index contributed by atoms with van der Waals surface area (Å²) in [6, 6.07) is 0. The van der Waals surface area contributed by atoms with Crippen LogP contribution in [0.4, 0.5) is 5.13 Å². The van der Waals surface area contributed by atoms with Crippen molar-refractivity contribution in [1.29, 1.82) is 0 Å². The van der Waals surface area contributed by atoms with Crippen molar-refractivity contribution in [1.82, 2.24) is 4.98 Å². The predicted octanol–water partition coefficient (Wildman–Crippen LogP) is 1.81. The van der Waals surface area contributed by atoms with Crippen LogP contribution in [-0.4, -0.2) is 25.2 Å². The highest BCUT2D eigenvalue weighted by atomic mass is 127. The topological polar surface area (TPSA) is 34.1 Å². The van der Waals surface area contributed by atoms with Gasteiger partial charge in [0.15, 0.2) is 5.13 Å². The highest BCUT2D eigenvalue weighted by molar-refractivity contribution is 14.1. The molecule has 0 aliphatic carbocycles. The summed E-state index contributed by atoms with van der Waals surface area (Å²) in [7, 11) is 1.69. The first-order valence-electron chi connectivity index (χ1n) is 3.17. The molecule has 0 bridgehead atoms. The molecular weight excluding hydrogens is 275 g/mol. The molecule has 3 nitrogen and oxygen atoms in total. The highest BCUT2D eigenvalue weighted by Crippen LogP contribution is 2.18. The van der Waals surface area contributed by atoms with Crippen LogP contribution < -0.4 is 5.32 Å². The van der Waals surface area contributed by atoms with Crippen molar-refractivity contribution in [3.63, 3.8) is 0 Å². The van der Waals surface area contributed by atoms with E-state index in [1.54, 1.807) is 18.4 Å². The van der Waals surface area contributed by atoms with Gasteiger partial charge in [-0.25, -0.2) is 4.98 Å². The Kier molecular flexibility index (Phi) is 4.09. The average molecular weight is 284 g/mol. The monoisotopic (exact) mass is 284 g/mol. The molecule has 0 fully saturated rings. The van der Waals surface area contributed by atoms with Gasteiger partial charge in [-0.05, 0) is 22.6 Å². The van der Waals surface area contributed by atoms with Gasteiger partial charge < -0.3 is 10.1 Å². The predicted molar refractivity (Wildman–Crippen MR) is 55.2 cm³/mol. The van der Waals surface area contributed by atoms with E-state index >= 15 is 0 Å². The minimum absolute atomic E-state index is 0.718. The molecule has 5 heteroatoms. The Morgan fingerprint density at radius 3 is 3.18 bits per heavy atom. The van der Waals surface area contributed by atoms with E-state index in [1.165, 1.54) is 2.88 Å². The molecule has 0 aliphatic rings. The van der Waals surface area contributed by atoms with Crippen LogP contribution in [0.15, 0.2) is 6.20 Å². The first kappa shape index (κ1) is 9.21. The van der Waals surface area contributed by atoms with Crippen LogP contribution in [0.3, 0.4) is 0 Å². The van der Waals surface area contributed by atoms with Crippen molar-refractivity contribution >= 4 is 39.1 Å². The fourth-order valence-electron chi connectivity index (χ4n) is 0.596. The molecule has 1 aromatic rings. The number of hydrogen-bond acceptors (Lipinski definition) is 4. The van der Waals surface area contributed by atoms with Gasteiger partial charge in [0, 0.05) is 13.7 Å². The number of thiazole rings is 1. The first-order chi connectivity index (χ1) is 5.33. The number of ether oxygens (including phenoxy) is 1. The van der Waals surface area contributed by atoms with E-state index in [0.717, 1.165) is 18.3 Å². The van der Waals surface area contributed by atoms with Gasteiger partial charge in [0.1, 0.15) is 0 Å². The number of nitrogens with one attached hydrogen (secondary N) is 1. The van der Waals surface area contributed by atoms with E-state index in [9.17, 15) is 0 Å². The maximum Gasteiger partial charge on any atom is 0.183 e. The summed E-state index contributed by atoms with van der Waals surface area (Å²) >= 11 is 3.89. The molecule has 0 saturated heterocycles. The molecule has 0 aliphatic heterocycles. The van der Waals surface area contributed by atoms with Gasteiger partial charge in [0.2, 0.25) is 0 Å². The molecule has 11 heavy (non-hydrogen) atoms. The third-order valence-electron chi connectivity index (χ3n) is 1.06. The molecule has 0 unspecified atom stereocenters. The lowest BCUT2D eigenvalue weighted by atomic mass is 10.7. The lowest BCUT2D eigenvalue weighted by Gasteiger charge is -1.98. The number of halogens is 1. The first-order valence-corrected chi connectivity index (χ1v) is 5.06. The molecular formula is C6H9IN2OS. The highest BCUT2D eigenvalue weighted by Gasteiger charge is 1.96. The van der Waals surface area contributed by atoms with Crippen molar-refractivity contribution in [3.8, 4) is 0 Å². The summed E-state index contributed by atoms with van der Waals surface area (Å²) in [5.41, 5.74) is 0. The molecule has 0 radical (unpaired) electrons. The van der Waals surface area contributed by atoms with Crippen LogP contribution in [0.5, 0.6) is 0 Å². The van der Waals surface area contributed by atoms with E-state index in [-0.39, 0.29) is 0 Å². The molecule has 1 rings (SSSR count). The van der Waals surface area contributed by atoms with E-state index in [4.69, 9.17) is 4.74 Å². The minimum atomic E-state index is 0.718. The van der Waals surface area contributed by atoms with E-state index in [1.807, 2.05) is 6.20 Å². The zero-order chi connectivity index (χ0) is 8.10. The Morgan fingerprint density at radius 2 is 2.64 bits per heavy atom. The number of methoxy groups -OCH3 is 1. The third kappa shape index (κ3) is 3.35. The van der Waals surface area contributed by atoms with Crippen LogP contribution in [0.2, 0.25) is 0 Å². The summed E-state index contributed by atoms with van der Waals surface area (Å²) in [6.45, 7) is 1.54. The normalized spacial score (nSPS) is 10.0. The zero-order valence-corrected chi connectivity index (χ0v) is 9.11. The molecule has 0 saturated carbocycles. The maximum absolute atomic E-state index is 4.88. The Labute approximate surface area is 83.3 Å². The standard InChI is InChI=1S/C6H9IN2OS/c1-10-3-2-8-6-9-4-5(7)11-6/h4H,2-3H2,1H3,(H,8,9).